The highest BCUT2D eigenvalue weighted by molar-refractivity contribution is 5.70. The third-order valence-corrected chi connectivity index (χ3v) is 3.89. The van der Waals surface area contributed by atoms with E-state index in [0.717, 1.165) is 23.4 Å². The number of benzene rings is 2. The summed E-state index contributed by atoms with van der Waals surface area (Å²) in [5.74, 6) is 7.93. The molecule has 0 aliphatic rings. The number of hydrogen-bond acceptors (Lipinski definition) is 7. The number of anilines is 4. The lowest BCUT2D eigenvalue weighted by atomic mass is 10.1. The summed E-state index contributed by atoms with van der Waals surface area (Å²) >= 11 is 0. The van der Waals surface area contributed by atoms with Crippen molar-refractivity contribution in [1.29, 1.82) is 0 Å². The van der Waals surface area contributed by atoms with Crippen molar-refractivity contribution in [2.24, 2.45) is 5.84 Å². The van der Waals surface area contributed by atoms with E-state index in [1.807, 2.05) is 48.5 Å². The summed E-state index contributed by atoms with van der Waals surface area (Å²) in [6.45, 7) is 0.673. The fourth-order valence-electron chi connectivity index (χ4n) is 2.52. The van der Waals surface area contributed by atoms with Crippen molar-refractivity contribution in [1.82, 2.24) is 9.97 Å². The molecule has 0 radical (unpaired) electrons. The molecule has 0 spiro atoms. The predicted molar refractivity (Wildman–Crippen MR) is 104 cm³/mol. The highest BCUT2D eigenvalue weighted by Gasteiger charge is 2.12. The molecule has 7 nitrogen and oxygen atoms in total. The van der Waals surface area contributed by atoms with E-state index in [1.165, 1.54) is 5.01 Å². The molecule has 0 aliphatic carbocycles. The first-order valence-corrected chi connectivity index (χ1v) is 8.26. The lowest BCUT2D eigenvalue weighted by molar-refractivity contribution is 0.414. The average Bonchev–Trinajstić information content (AvgIpc) is 2.69. The monoisotopic (exact) mass is 350 g/mol. The summed E-state index contributed by atoms with van der Waals surface area (Å²) in [7, 11) is 1.66. The van der Waals surface area contributed by atoms with Crippen LogP contribution in [0.2, 0.25) is 0 Å². The molecule has 3 rings (SSSR count). The molecule has 1 aromatic heterocycles. The summed E-state index contributed by atoms with van der Waals surface area (Å²) in [4.78, 5) is 8.67. The number of nitrogens with two attached hydrogens (primary N) is 2. The SMILES string of the molecule is COc1cccc(CCNc2ncc(N)c(N(N)c3ccccc3)n2)c1. The third kappa shape index (κ3) is 4.20. The number of para-hydroxylation sites is 1. The maximum atomic E-state index is 6.16. The zero-order valence-corrected chi connectivity index (χ0v) is 14.6. The fraction of sp³-hybridized carbons (Fsp3) is 0.158. The number of nitrogens with one attached hydrogen (secondary N) is 1. The van der Waals surface area contributed by atoms with Crippen LogP contribution in [0, 0.1) is 0 Å². The number of nitrogens with zero attached hydrogens (tertiary/aromatic N) is 3. The molecule has 1 heterocycles. The summed E-state index contributed by atoms with van der Waals surface area (Å²) in [5.41, 5.74) is 8.36. The Labute approximate surface area is 152 Å². The lowest BCUT2D eigenvalue weighted by Crippen LogP contribution is -2.27. The molecule has 0 bridgehead atoms. The van der Waals surface area contributed by atoms with Gasteiger partial charge in [-0.1, -0.05) is 30.3 Å². The fourth-order valence-corrected chi connectivity index (χ4v) is 2.52. The molecule has 0 saturated carbocycles. The smallest absolute Gasteiger partial charge is 0.224 e. The van der Waals surface area contributed by atoms with Crippen LogP contribution < -0.4 is 26.6 Å². The molecule has 3 aromatic rings. The first kappa shape index (κ1) is 17.5. The van der Waals surface area contributed by atoms with Crippen LogP contribution in [0.1, 0.15) is 5.56 Å². The molecule has 7 heteroatoms. The Bertz CT molecular complexity index is 856. The molecule has 0 fully saturated rings. The van der Waals surface area contributed by atoms with Gasteiger partial charge >= 0.3 is 0 Å². The van der Waals surface area contributed by atoms with Gasteiger partial charge in [-0.2, -0.15) is 4.98 Å². The van der Waals surface area contributed by atoms with Gasteiger partial charge < -0.3 is 15.8 Å². The summed E-state index contributed by atoms with van der Waals surface area (Å²) < 4.78 is 5.24. The van der Waals surface area contributed by atoms with Crippen molar-refractivity contribution in [3.63, 3.8) is 0 Å². The van der Waals surface area contributed by atoms with Crippen LogP contribution >= 0.6 is 0 Å². The molecule has 134 valence electrons. The van der Waals surface area contributed by atoms with Crippen LogP contribution in [0.3, 0.4) is 0 Å². The number of nitrogen functional groups attached to an aromatic ring is 1. The van der Waals surface area contributed by atoms with E-state index in [-0.39, 0.29) is 0 Å². The summed E-state index contributed by atoms with van der Waals surface area (Å²) in [6, 6.07) is 17.5. The Kier molecular flexibility index (Phi) is 5.50. The van der Waals surface area contributed by atoms with Crippen LogP contribution in [0.25, 0.3) is 0 Å². The van der Waals surface area contributed by atoms with Gasteiger partial charge in [-0.25, -0.2) is 10.8 Å². The number of methoxy groups -OCH3 is 1. The van der Waals surface area contributed by atoms with Gasteiger partial charge in [0.1, 0.15) is 5.75 Å². The van der Waals surface area contributed by atoms with E-state index >= 15 is 0 Å². The Balaban J connectivity index is 1.67. The van der Waals surface area contributed by atoms with E-state index < -0.39 is 0 Å². The van der Waals surface area contributed by atoms with E-state index in [9.17, 15) is 0 Å². The number of hydrogen-bond donors (Lipinski definition) is 3. The van der Waals surface area contributed by atoms with Gasteiger partial charge in [0.25, 0.3) is 0 Å². The first-order chi connectivity index (χ1) is 12.7. The maximum absolute atomic E-state index is 6.16. The zero-order valence-electron chi connectivity index (χ0n) is 14.6. The molecule has 26 heavy (non-hydrogen) atoms. The molecule has 2 aromatic carbocycles. The van der Waals surface area contributed by atoms with Crippen molar-refractivity contribution in [2.45, 2.75) is 6.42 Å². The van der Waals surface area contributed by atoms with Crippen LogP contribution in [0.4, 0.5) is 23.1 Å². The second-order valence-electron chi connectivity index (χ2n) is 5.71. The Morgan fingerprint density at radius 2 is 1.92 bits per heavy atom. The summed E-state index contributed by atoms with van der Waals surface area (Å²) in [5, 5.41) is 4.65. The van der Waals surface area contributed by atoms with E-state index in [0.29, 0.717) is 24.0 Å². The molecule has 0 saturated heterocycles. The second-order valence-corrected chi connectivity index (χ2v) is 5.71. The van der Waals surface area contributed by atoms with Crippen molar-refractivity contribution in [3.8, 4) is 5.75 Å². The van der Waals surface area contributed by atoms with Crippen LogP contribution in [0.15, 0.2) is 60.8 Å². The minimum atomic E-state index is 0.412. The minimum absolute atomic E-state index is 0.412. The number of aromatic nitrogens is 2. The number of hydrazine groups is 1. The summed E-state index contributed by atoms with van der Waals surface area (Å²) in [6.07, 6.45) is 2.37. The second kappa shape index (κ2) is 8.17. The molecule has 5 N–H and O–H groups in total. The molecule has 0 unspecified atom stereocenters. The predicted octanol–water partition coefficient (Wildman–Crippen LogP) is 2.73. The zero-order chi connectivity index (χ0) is 18.4. The first-order valence-electron chi connectivity index (χ1n) is 8.26. The van der Waals surface area contributed by atoms with Gasteiger partial charge in [-0.15, -0.1) is 0 Å². The van der Waals surface area contributed by atoms with Crippen LogP contribution in [-0.4, -0.2) is 23.6 Å². The van der Waals surface area contributed by atoms with E-state index in [4.69, 9.17) is 16.3 Å². The third-order valence-electron chi connectivity index (χ3n) is 3.89. The Morgan fingerprint density at radius 3 is 2.69 bits per heavy atom. The largest absolute Gasteiger partial charge is 0.497 e. The number of rotatable bonds is 7. The van der Waals surface area contributed by atoms with Gasteiger partial charge in [0, 0.05) is 6.54 Å². The molecular weight excluding hydrogens is 328 g/mol. The molecule has 0 atom stereocenters. The van der Waals surface area contributed by atoms with Gasteiger partial charge in [-0.3, -0.25) is 5.01 Å². The number of ether oxygens (including phenoxy) is 1. The highest BCUT2D eigenvalue weighted by Crippen LogP contribution is 2.25. The van der Waals surface area contributed by atoms with E-state index in [1.54, 1.807) is 13.3 Å². The van der Waals surface area contributed by atoms with Crippen molar-refractivity contribution >= 4 is 23.1 Å². The molecule has 0 amide bonds. The van der Waals surface area contributed by atoms with Gasteiger partial charge in [0.15, 0.2) is 5.82 Å². The van der Waals surface area contributed by atoms with Crippen molar-refractivity contribution < 1.29 is 4.74 Å². The minimum Gasteiger partial charge on any atom is -0.497 e. The van der Waals surface area contributed by atoms with E-state index in [2.05, 4.69) is 21.4 Å². The normalized spacial score (nSPS) is 10.4. The highest BCUT2D eigenvalue weighted by atomic mass is 16.5. The molecule has 0 aliphatic heterocycles. The standard InChI is InChI=1S/C19H22N6O/c1-26-16-9-5-6-14(12-16)10-11-22-19-23-13-17(20)18(24-19)25(21)15-7-3-2-4-8-15/h2-9,12-13H,10-11,20-21H2,1H3,(H,22,23,24). The molecular formula is C19H22N6O. The van der Waals surface area contributed by atoms with Crippen LogP contribution in [0.5, 0.6) is 5.75 Å². The maximum Gasteiger partial charge on any atom is 0.224 e. The Morgan fingerprint density at radius 1 is 1.12 bits per heavy atom. The van der Waals surface area contributed by atoms with Crippen LogP contribution in [-0.2, 0) is 6.42 Å². The average molecular weight is 350 g/mol. The lowest BCUT2D eigenvalue weighted by Gasteiger charge is -2.19. The van der Waals surface area contributed by atoms with Gasteiger partial charge in [0.05, 0.1) is 24.7 Å². The Hall–Kier alpha value is -3.32. The van der Waals surface area contributed by atoms with Crippen molar-refractivity contribution in [3.05, 3.63) is 66.4 Å². The van der Waals surface area contributed by atoms with Gasteiger partial charge in [0.2, 0.25) is 5.95 Å². The quantitative estimate of drug-likeness (QED) is 0.445. The topological polar surface area (TPSA) is 102 Å². The van der Waals surface area contributed by atoms with Gasteiger partial charge in [-0.05, 0) is 36.2 Å². The van der Waals surface area contributed by atoms with Crippen molar-refractivity contribution in [2.75, 3.05) is 29.7 Å².